The average Bonchev–Trinajstić information content (AvgIpc) is 2.73. The highest BCUT2D eigenvalue weighted by Gasteiger charge is 2.34. The largest absolute Gasteiger partial charge is 0.399 e. The van der Waals surface area contributed by atoms with Crippen molar-refractivity contribution in [3.8, 4) is 0 Å². The molecular formula is C13H20N2O4S. The highest BCUT2D eigenvalue weighted by Crippen LogP contribution is 2.24. The molecule has 1 atom stereocenters. The van der Waals surface area contributed by atoms with Crippen molar-refractivity contribution in [1.82, 2.24) is 4.72 Å². The van der Waals surface area contributed by atoms with Crippen LogP contribution in [0.5, 0.6) is 0 Å². The first kappa shape index (κ1) is 15.2. The normalized spacial score (nSPS) is 23.1. The lowest BCUT2D eigenvalue weighted by Crippen LogP contribution is -2.43. The van der Waals surface area contributed by atoms with Crippen LogP contribution in [-0.4, -0.2) is 38.9 Å². The van der Waals surface area contributed by atoms with Crippen LogP contribution in [0.2, 0.25) is 0 Å². The van der Waals surface area contributed by atoms with Gasteiger partial charge in [0.25, 0.3) is 0 Å². The summed E-state index contributed by atoms with van der Waals surface area (Å²) in [6, 6.07) is 3.24. The molecular weight excluding hydrogens is 280 g/mol. The molecule has 1 saturated heterocycles. The first-order valence-corrected chi connectivity index (χ1v) is 7.88. The first-order valence-electron chi connectivity index (χ1n) is 6.40. The third-order valence-electron chi connectivity index (χ3n) is 3.43. The van der Waals surface area contributed by atoms with E-state index in [-0.39, 0.29) is 18.0 Å². The number of sulfonamides is 1. The molecule has 0 radical (unpaired) electrons. The van der Waals surface area contributed by atoms with E-state index in [1.165, 1.54) is 0 Å². The molecule has 6 nitrogen and oxygen atoms in total. The smallest absolute Gasteiger partial charge is 0.241 e. The number of aliphatic hydroxyl groups is 1. The van der Waals surface area contributed by atoms with E-state index < -0.39 is 15.6 Å². The van der Waals surface area contributed by atoms with Crippen LogP contribution in [0, 0.1) is 13.8 Å². The molecule has 0 spiro atoms. The predicted molar refractivity (Wildman–Crippen MR) is 75.9 cm³/mol. The van der Waals surface area contributed by atoms with E-state index in [1.54, 1.807) is 26.0 Å². The van der Waals surface area contributed by atoms with Crippen molar-refractivity contribution in [2.75, 3.05) is 25.5 Å². The average molecular weight is 300 g/mol. The van der Waals surface area contributed by atoms with Crippen LogP contribution in [0.3, 0.4) is 0 Å². The minimum absolute atomic E-state index is 0.0570. The Labute approximate surface area is 119 Å². The van der Waals surface area contributed by atoms with E-state index in [9.17, 15) is 13.5 Å². The van der Waals surface area contributed by atoms with Crippen LogP contribution >= 0.6 is 0 Å². The number of anilines is 1. The minimum atomic E-state index is -3.69. The Kier molecular flexibility index (Phi) is 4.06. The molecule has 1 aromatic carbocycles. The molecule has 7 heteroatoms. The fraction of sp³-hybridized carbons (Fsp3) is 0.538. The number of nitrogens with one attached hydrogen (secondary N) is 1. The molecule has 0 aliphatic carbocycles. The number of nitrogen functional groups attached to an aromatic ring is 1. The Bertz CT molecular complexity index is 584. The van der Waals surface area contributed by atoms with Crippen LogP contribution in [0.15, 0.2) is 17.0 Å². The minimum Gasteiger partial charge on any atom is -0.399 e. The number of nitrogens with two attached hydrogens (primary N) is 1. The summed E-state index contributed by atoms with van der Waals surface area (Å²) in [5.41, 5.74) is 6.28. The Morgan fingerprint density at radius 2 is 2.00 bits per heavy atom. The van der Waals surface area contributed by atoms with Crippen molar-refractivity contribution >= 4 is 15.7 Å². The van der Waals surface area contributed by atoms with Gasteiger partial charge < -0.3 is 15.6 Å². The van der Waals surface area contributed by atoms with Gasteiger partial charge in [-0.1, -0.05) is 0 Å². The van der Waals surface area contributed by atoms with Crippen LogP contribution in [0.25, 0.3) is 0 Å². The summed E-state index contributed by atoms with van der Waals surface area (Å²) in [6.45, 7) is 3.93. The van der Waals surface area contributed by atoms with Crippen LogP contribution in [0.4, 0.5) is 5.69 Å². The molecule has 1 aliphatic heterocycles. The fourth-order valence-corrected chi connectivity index (χ4v) is 4.01. The molecule has 1 unspecified atom stereocenters. The van der Waals surface area contributed by atoms with Gasteiger partial charge in [0.2, 0.25) is 10.0 Å². The SMILES string of the molecule is Cc1cc(N)cc(C)c1S(=O)(=O)NCC1(O)CCOC1. The Hall–Kier alpha value is -1.15. The van der Waals surface area contributed by atoms with Gasteiger partial charge in [-0.05, 0) is 37.1 Å². The second-order valence-electron chi connectivity index (χ2n) is 5.34. The molecule has 4 N–H and O–H groups in total. The molecule has 1 aromatic rings. The third kappa shape index (κ3) is 3.12. The quantitative estimate of drug-likeness (QED) is 0.695. The molecule has 1 heterocycles. The van der Waals surface area contributed by atoms with Crippen molar-refractivity contribution in [1.29, 1.82) is 0 Å². The monoisotopic (exact) mass is 300 g/mol. The van der Waals surface area contributed by atoms with Gasteiger partial charge in [0.15, 0.2) is 0 Å². The lowest BCUT2D eigenvalue weighted by molar-refractivity contribution is 0.0314. The second-order valence-corrected chi connectivity index (χ2v) is 7.04. The van der Waals surface area contributed by atoms with Crippen LogP contribution < -0.4 is 10.5 Å². The van der Waals surface area contributed by atoms with Gasteiger partial charge in [-0.25, -0.2) is 13.1 Å². The van der Waals surface area contributed by atoms with Crippen molar-refractivity contribution < 1.29 is 18.3 Å². The lowest BCUT2D eigenvalue weighted by Gasteiger charge is -2.21. The van der Waals surface area contributed by atoms with Gasteiger partial charge >= 0.3 is 0 Å². The van der Waals surface area contributed by atoms with E-state index in [2.05, 4.69) is 4.72 Å². The van der Waals surface area contributed by atoms with Gasteiger partial charge in [-0.15, -0.1) is 0 Å². The summed E-state index contributed by atoms with van der Waals surface area (Å²) in [5.74, 6) is 0. The summed E-state index contributed by atoms with van der Waals surface area (Å²) in [7, 11) is -3.69. The lowest BCUT2D eigenvalue weighted by atomic mass is 10.1. The molecule has 0 aromatic heterocycles. The van der Waals surface area contributed by atoms with E-state index in [0.717, 1.165) is 0 Å². The molecule has 0 amide bonds. The summed E-state index contributed by atoms with van der Waals surface area (Å²) < 4.78 is 32.3. The summed E-state index contributed by atoms with van der Waals surface area (Å²) in [5, 5.41) is 10.1. The predicted octanol–water partition coefficient (Wildman–Crippen LogP) is 0.315. The Morgan fingerprint density at radius 1 is 1.40 bits per heavy atom. The number of rotatable bonds is 4. The Balaban J connectivity index is 2.23. The van der Waals surface area contributed by atoms with Gasteiger partial charge in [-0.2, -0.15) is 0 Å². The van der Waals surface area contributed by atoms with Crippen LogP contribution in [-0.2, 0) is 14.8 Å². The molecule has 2 rings (SSSR count). The van der Waals surface area contributed by atoms with Crippen molar-refractivity contribution in [2.45, 2.75) is 30.8 Å². The molecule has 112 valence electrons. The summed E-state index contributed by atoms with van der Waals surface area (Å²) in [4.78, 5) is 0.217. The second kappa shape index (κ2) is 5.33. The van der Waals surface area contributed by atoms with Gasteiger partial charge in [0, 0.05) is 25.3 Å². The third-order valence-corrected chi connectivity index (χ3v) is 5.13. The zero-order chi connectivity index (χ0) is 15.0. The topological polar surface area (TPSA) is 102 Å². The molecule has 0 saturated carbocycles. The Morgan fingerprint density at radius 3 is 2.50 bits per heavy atom. The van der Waals surface area contributed by atoms with Crippen molar-refractivity contribution in [2.24, 2.45) is 0 Å². The molecule has 0 bridgehead atoms. The van der Waals surface area contributed by atoms with E-state index >= 15 is 0 Å². The number of hydrogen-bond acceptors (Lipinski definition) is 5. The number of hydrogen-bond donors (Lipinski definition) is 3. The van der Waals surface area contributed by atoms with Gasteiger partial charge in [-0.3, -0.25) is 0 Å². The standard InChI is InChI=1S/C13H20N2O4S/c1-9-5-11(14)6-10(2)12(9)20(17,18)15-7-13(16)3-4-19-8-13/h5-6,15-16H,3-4,7-8,14H2,1-2H3. The first-order chi connectivity index (χ1) is 9.23. The molecule has 1 aliphatic rings. The van der Waals surface area contributed by atoms with E-state index in [0.29, 0.717) is 29.8 Å². The van der Waals surface area contributed by atoms with Crippen molar-refractivity contribution in [3.63, 3.8) is 0 Å². The number of aryl methyl sites for hydroxylation is 2. The maximum absolute atomic E-state index is 12.4. The van der Waals surface area contributed by atoms with Gasteiger partial charge in [0.1, 0.15) is 5.60 Å². The van der Waals surface area contributed by atoms with E-state index in [1.807, 2.05) is 0 Å². The summed E-state index contributed by atoms with van der Waals surface area (Å²) >= 11 is 0. The van der Waals surface area contributed by atoms with E-state index in [4.69, 9.17) is 10.5 Å². The van der Waals surface area contributed by atoms with Gasteiger partial charge in [0.05, 0.1) is 11.5 Å². The molecule has 1 fully saturated rings. The number of ether oxygens (including phenoxy) is 1. The van der Waals surface area contributed by atoms with Crippen molar-refractivity contribution in [3.05, 3.63) is 23.3 Å². The molecule has 20 heavy (non-hydrogen) atoms. The van der Waals surface area contributed by atoms with Crippen LogP contribution in [0.1, 0.15) is 17.5 Å². The highest BCUT2D eigenvalue weighted by atomic mass is 32.2. The maximum atomic E-state index is 12.4. The number of benzene rings is 1. The zero-order valence-electron chi connectivity index (χ0n) is 11.6. The maximum Gasteiger partial charge on any atom is 0.241 e. The fourth-order valence-electron chi connectivity index (χ4n) is 2.45. The zero-order valence-corrected chi connectivity index (χ0v) is 12.5. The highest BCUT2D eigenvalue weighted by molar-refractivity contribution is 7.89. The summed E-state index contributed by atoms with van der Waals surface area (Å²) in [6.07, 6.45) is 0.426.